The Kier molecular flexibility index (Phi) is 4.36. The number of hydrogen-bond acceptors (Lipinski definition) is 3. The van der Waals surface area contributed by atoms with Crippen molar-refractivity contribution in [2.45, 2.75) is 19.8 Å². The zero-order valence-corrected chi connectivity index (χ0v) is 11.2. The van der Waals surface area contributed by atoms with Gasteiger partial charge in [0.15, 0.2) is 0 Å². The summed E-state index contributed by atoms with van der Waals surface area (Å²) >= 11 is 0. The summed E-state index contributed by atoms with van der Waals surface area (Å²) in [4.78, 5) is 14.2. The number of rotatable bonds is 4. The first-order valence-corrected chi connectivity index (χ1v) is 6.69. The van der Waals surface area contributed by atoms with Gasteiger partial charge in [-0.1, -0.05) is 0 Å². The zero-order valence-electron chi connectivity index (χ0n) is 11.2. The van der Waals surface area contributed by atoms with Gasteiger partial charge in [-0.25, -0.2) is 0 Å². The second kappa shape index (κ2) is 6.00. The second-order valence-corrected chi connectivity index (χ2v) is 4.96. The van der Waals surface area contributed by atoms with E-state index in [0.717, 1.165) is 26.2 Å². The van der Waals surface area contributed by atoms with Crippen molar-refractivity contribution in [1.82, 2.24) is 20.0 Å². The van der Waals surface area contributed by atoms with Gasteiger partial charge in [-0.15, -0.1) is 0 Å². The number of hydrogen-bond donors (Lipinski definition) is 1. The predicted molar refractivity (Wildman–Crippen MR) is 70.4 cm³/mol. The monoisotopic (exact) mass is 250 g/mol. The average Bonchev–Trinajstić information content (AvgIpc) is 2.83. The number of carbonyl (C=O) groups excluding carboxylic acids is 1. The maximum Gasteiger partial charge on any atom is 0.257 e. The molecule has 1 saturated heterocycles. The van der Waals surface area contributed by atoms with Crippen LogP contribution in [0, 0.1) is 5.92 Å². The molecule has 2 rings (SSSR count). The van der Waals surface area contributed by atoms with Crippen LogP contribution >= 0.6 is 0 Å². The summed E-state index contributed by atoms with van der Waals surface area (Å²) in [7, 11) is 1.83. The van der Waals surface area contributed by atoms with Gasteiger partial charge in [-0.2, -0.15) is 5.10 Å². The summed E-state index contributed by atoms with van der Waals surface area (Å²) in [6, 6.07) is 0. The summed E-state index contributed by atoms with van der Waals surface area (Å²) < 4.78 is 1.67. The lowest BCUT2D eigenvalue weighted by Crippen LogP contribution is -2.40. The van der Waals surface area contributed by atoms with E-state index >= 15 is 0 Å². The Morgan fingerprint density at radius 3 is 3.06 bits per heavy atom. The molecule has 1 aromatic heterocycles. The van der Waals surface area contributed by atoms with Crippen LogP contribution in [-0.4, -0.2) is 46.8 Å². The molecule has 1 aliphatic rings. The van der Waals surface area contributed by atoms with E-state index in [0.29, 0.717) is 11.5 Å². The fraction of sp³-hybridized carbons (Fsp3) is 0.692. The van der Waals surface area contributed by atoms with Crippen LogP contribution in [0.2, 0.25) is 0 Å². The minimum absolute atomic E-state index is 0.0937. The third kappa shape index (κ3) is 3.10. The van der Waals surface area contributed by atoms with Crippen LogP contribution in [0.4, 0.5) is 0 Å². The van der Waals surface area contributed by atoms with E-state index in [-0.39, 0.29) is 5.91 Å². The van der Waals surface area contributed by atoms with Crippen molar-refractivity contribution in [3.63, 3.8) is 0 Å². The fourth-order valence-corrected chi connectivity index (χ4v) is 2.46. The maximum absolute atomic E-state index is 12.3. The van der Waals surface area contributed by atoms with Gasteiger partial charge in [0.25, 0.3) is 5.91 Å². The van der Waals surface area contributed by atoms with Crippen molar-refractivity contribution in [3.05, 3.63) is 18.0 Å². The van der Waals surface area contributed by atoms with Gasteiger partial charge >= 0.3 is 0 Å². The van der Waals surface area contributed by atoms with Gasteiger partial charge in [-0.3, -0.25) is 9.48 Å². The highest BCUT2D eigenvalue weighted by atomic mass is 16.2. The molecule has 0 bridgehead atoms. The number of nitrogens with zero attached hydrogens (tertiary/aromatic N) is 3. The van der Waals surface area contributed by atoms with Crippen molar-refractivity contribution in [2.75, 3.05) is 26.2 Å². The summed E-state index contributed by atoms with van der Waals surface area (Å²) in [6.45, 7) is 5.77. The number of aryl methyl sites for hydroxylation is 1. The van der Waals surface area contributed by atoms with Gasteiger partial charge in [0, 0.05) is 26.3 Å². The van der Waals surface area contributed by atoms with Gasteiger partial charge in [0.1, 0.15) is 0 Å². The number of amides is 1. The van der Waals surface area contributed by atoms with E-state index in [9.17, 15) is 4.79 Å². The molecule has 1 aliphatic heterocycles. The molecule has 0 aliphatic carbocycles. The van der Waals surface area contributed by atoms with Crippen LogP contribution in [0.25, 0.3) is 0 Å². The van der Waals surface area contributed by atoms with Crippen LogP contribution in [0.15, 0.2) is 12.4 Å². The van der Waals surface area contributed by atoms with Crippen molar-refractivity contribution in [2.24, 2.45) is 13.0 Å². The molecule has 0 saturated carbocycles. The van der Waals surface area contributed by atoms with Gasteiger partial charge in [0.2, 0.25) is 0 Å². The van der Waals surface area contributed by atoms with Crippen LogP contribution < -0.4 is 5.32 Å². The molecule has 1 fully saturated rings. The molecule has 5 heteroatoms. The van der Waals surface area contributed by atoms with Crippen LogP contribution in [0.3, 0.4) is 0 Å². The Hall–Kier alpha value is -1.36. The predicted octanol–water partition coefficient (Wildman–Crippen LogP) is 0.882. The van der Waals surface area contributed by atoms with Crippen LogP contribution in [-0.2, 0) is 7.05 Å². The largest absolute Gasteiger partial charge is 0.339 e. The molecule has 2 heterocycles. The van der Waals surface area contributed by atoms with Crippen molar-refractivity contribution < 1.29 is 4.79 Å². The molecule has 1 amide bonds. The lowest BCUT2D eigenvalue weighted by molar-refractivity contribution is 0.0729. The summed E-state index contributed by atoms with van der Waals surface area (Å²) in [5.74, 6) is 0.676. The quantitative estimate of drug-likeness (QED) is 0.863. The molecular weight excluding hydrogens is 228 g/mol. The number of carbonyl (C=O) groups is 1. The van der Waals surface area contributed by atoms with E-state index in [1.165, 1.54) is 12.8 Å². The van der Waals surface area contributed by atoms with Crippen molar-refractivity contribution in [3.8, 4) is 0 Å². The SMILES string of the molecule is CCN(CC1CCCNC1)C(=O)c1cnn(C)c1. The maximum atomic E-state index is 12.3. The standard InChI is InChI=1S/C13H22N4O/c1-3-17(9-11-5-4-6-14-7-11)13(18)12-8-15-16(2)10-12/h8,10-11,14H,3-7,9H2,1-2H3. The first-order valence-electron chi connectivity index (χ1n) is 6.69. The second-order valence-electron chi connectivity index (χ2n) is 4.96. The zero-order chi connectivity index (χ0) is 13.0. The van der Waals surface area contributed by atoms with Gasteiger partial charge in [0.05, 0.1) is 11.8 Å². The van der Waals surface area contributed by atoms with E-state index in [4.69, 9.17) is 0 Å². The van der Waals surface area contributed by atoms with Crippen LogP contribution in [0.5, 0.6) is 0 Å². The molecule has 100 valence electrons. The van der Waals surface area contributed by atoms with E-state index in [1.807, 2.05) is 18.9 Å². The highest BCUT2D eigenvalue weighted by Crippen LogP contribution is 2.13. The molecular formula is C13H22N4O. The van der Waals surface area contributed by atoms with Crippen molar-refractivity contribution >= 4 is 5.91 Å². The molecule has 1 aromatic rings. The summed E-state index contributed by atoms with van der Waals surface area (Å²) in [5, 5.41) is 7.45. The van der Waals surface area contributed by atoms with E-state index < -0.39 is 0 Å². The minimum Gasteiger partial charge on any atom is -0.339 e. The van der Waals surface area contributed by atoms with E-state index in [2.05, 4.69) is 10.4 Å². The molecule has 1 atom stereocenters. The van der Waals surface area contributed by atoms with Gasteiger partial charge in [-0.05, 0) is 38.8 Å². The Morgan fingerprint density at radius 1 is 1.67 bits per heavy atom. The molecule has 18 heavy (non-hydrogen) atoms. The molecule has 0 radical (unpaired) electrons. The first kappa shape index (κ1) is 13.1. The molecule has 0 aromatic carbocycles. The number of aromatic nitrogens is 2. The topological polar surface area (TPSA) is 50.2 Å². The molecule has 5 nitrogen and oxygen atoms in total. The summed E-state index contributed by atoms with van der Waals surface area (Å²) in [5.41, 5.74) is 0.683. The molecule has 1 unspecified atom stereocenters. The first-order chi connectivity index (χ1) is 8.70. The third-order valence-corrected chi connectivity index (χ3v) is 3.50. The van der Waals surface area contributed by atoms with Crippen LogP contribution in [0.1, 0.15) is 30.1 Å². The van der Waals surface area contributed by atoms with Crippen molar-refractivity contribution in [1.29, 1.82) is 0 Å². The average molecular weight is 250 g/mol. The Labute approximate surface area is 108 Å². The number of piperidine rings is 1. The highest BCUT2D eigenvalue weighted by molar-refractivity contribution is 5.93. The molecule has 1 N–H and O–H groups in total. The summed E-state index contributed by atoms with van der Waals surface area (Å²) in [6.07, 6.45) is 5.85. The minimum atomic E-state index is 0.0937. The fourth-order valence-electron chi connectivity index (χ4n) is 2.46. The lowest BCUT2D eigenvalue weighted by Gasteiger charge is -2.29. The highest BCUT2D eigenvalue weighted by Gasteiger charge is 2.21. The lowest BCUT2D eigenvalue weighted by atomic mass is 9.99. The van der Waals surface area contributed by atoms with E-state index in [1.54, 1.807) is 17.1 Å². The Bertz CT molecular complexity index is 395. The number of nitrogens with one attached hydrogen (secondary N) is 1. The Balaban J connectivity index is 1.97. The molecule has 0 spiro atoms. The third-order valence-electron chi connectivity index (χ3n) is 3.50. The Morgan fingerprint density at radius 2 is 2.50 bits per heavy atom. The smallest absolute Gasteiger partial charge is 0.257 e. The van der Waals surface area contributed by atoms with Gasteiger partial charge < -0.3 is 10.2 Å². The normalized spacial score (nSPS) is 19.8.